The van der Waals surface area contributed by atoms with Crippen LogP contribution in [0.2, 0.25) is 0 Å². The molecule has 3 rings (SSSR count). The zero-order valence-electron chi connectivity index (χ0n) is 18.1. The summed E-state index contributed by atoms with van der Waals surface area (Å²) in [6.45, 7) is 1.79. The normalized spacial score (nSPS) is 35.1. The molecule has 33 heavy (non-hydrogen) atoms. The molecular weight excluding hydrogens is 450 g/mol. The number of nitrogens with one attached hydrogen (secondary N) is 2. The number of nitrogens with zero attached hydrogens (tertiary/aromatic N) is 1. The highest BCUT2D eigenvalue weighted by Crippen LogP contribution is 2.23. The molecule has 4 unspecified atom stereocenters. The molecule has 10 nitrogen and oxygen atoms in total. The van der Waals surface area contributed by atoms with Crippen LogP contribution in [0.25, 0.3) is 0 Å². The predicted molar refractivity (Wildman–Crippen MR) is 120 cm³/mol. The number of esters is 1. The van der Waals surface area contributed by atoms with E-state index >= 15 is 0 Å². The number of ether oxygens (including phenoxy) is 1. The second-order valence-electron chi connectivity index (χ2n) is 7.90. The molecule has 0 aromatic carbocycles. The fourth-order valence-electron chi connectivity index (χ4n) is 3.35. The molecule has 3 amide bonds. The number of fused-ring (bicyclic) bond motifs is 4. The van der Waals surface area contributed by atoms with Crippen molar-refractivity contribution in [3.63, 3.8) is 0 Å². The third-order valence-corrected chi connectivity index (χ3v) is 6.17. The van der Waals surface area contributed by atoms with Crippen LogP contribution in [0, 0.1) is 0 Å². The number of amides is 3. The van der Waals surface area contributed by atoms with Crippen molar-refractivity contribution < 1.29 is 34.1 Å². The van der Waals surface area contributed by atoms with Gasteiger partial charge >= 0.3 is 5.97 Å². The Balaban J connectivity index is 2.03. The van der Waals surface area contributed by atoms with Gasteiger partial charge in [-0.25, -0.2) is 4.79 Å². The maximum atomic E-state index is 13.3. The van der Waals surface area contributed by atoms with Gasteiger partial charge in [0, 0.05) is 36.9 Å². The average molecular weight is 478 g/mol. The van der Waals surface area contributed by atoms with Crippen LogP contribution in [-0.2, 0) is 23.9 Å². The topological polar surface area (TPSA) is 145 Å². The Kier molecular flexibility index (Phi) is 8.48. The number of carbonyl (C=O) groups is 4. The molecule has 0 saturated heterocycles. The maximum absolute atomic E-state index is 13.3. The average Bonchev–Trinajstić information content (AvgIpc) is 2.80. The summed E-state index contributed by atoms with van der Waals surface area (Å²) < 4.78 is 5.36. The number of hydrogen-bond donors (Lipinski definition) is 4. The van der Waals surface area contributed by atoms with E-state index in [-0.39, 0.29) is 36.7 Å². The number of thioether (sulfide) groups is 1. The van der Waals surface area contributed by atoms with Crippen LogP contribution in [0.15, 0.2) is 47.9 Å². The summed E-state index contributed by atoms with van der Waals surface area (Å²) in [6.07, 6.45) is 6.58. The van der Waals surface area contributed by atoms with E-state index in [0.717, 1.165) is 11.8 Å². The van der Waals surface area contributed by atoms with Crippen LogP contribution < -0.4 is 10.6 Å². The number of cyclic esters (lactones) is 1. The maximum Gasteiger partial charge on any atom is 0.339 e. The molecule has 178 valence electrons. The Hall–Kier alpha value is -2.89. The second-order valence-corrected chi connectivity index (χ2v) is 8.99. The van der Waals surface area contributed by atoms with Crippen molar-refractivity contribution in [2.45, 2.75) is 49.9 Å². The van der Waals surface area contributed by atoms with Gasteiger partial charge < -0.3 is 30.5 Å². The summed E-state index contributed by atoms with van der Waals surface area (Å²) in [7, 11) is 0. The van der Waals surface area contributed by atoms with Crippen molar-refractivity contribution in [1.82, 2.24) is 15.5 Å². The van der Waals surface area contributed by atoms with Gasteiger partial charge in [0.15, 0.2) is 5.37 Å². The van der Waals surface area contributed by atoms with Gasteiger partial charge in [0.05, 0.1) is 18.6 Å². The summed E-state index contributed by atoms with van der Waals surface area (Å²) in [5.41, 5.74) is 0.179. The van der Waals surface area contributed by atoms with Gasteiger partial charge in [0.25, 0.3) is 11.8 Å². The minimum absolute atomic E-state index is 0.0650. The molecule has 4 atom stereocenters. The van der Waals surface area contributed by atoms with Crippen LogP contribution in [0.5, 0.6) is 0 Å². The van der Waals surface area contributed by atoms with Crippen molar-refractivity contribution in [2.75, 3.05) is 12.3 Å². The van der Waals surface area contributed by atoms with E-state index in [9.17, 15) is 29.4 Å². The summed E-state index contributed by atoms with van der Waals surface area (Å²) in [4.78, 5) is 52.6. The minimum atomic E-state index is -1.15. The first-order valence-electron chi connectivity index (χ1n) is 10.6. The fourth-order valence-corrected chi connectivity index (χ4v) is 4.32. The largest absolute Gasteiger partial charge is 0.460 e. The van der Waals surface area contributed by atoms with Gasteiger partial charge in [-0.05, 0) is 6.92 Å². The van der Waals surface area contributed by atoms with Crippen molar-refractivity contribution >= 4 is 35.5 Å². The molecule has 3 heterocycles. The Morgan fingerprint density at radius 1 is 1.18 bits per heavy atom. The van der Waals surface area contributed by atoms with E-state index in [4.69, 9.17) is 4.74 Å². The lowest BCUT2D eigenvalue weighted by Gasteiger charge is -2.24. The lowest BCUT2D eigenvalue weighted by atomic mass is 10.1. The van der Waals surface area contributed by atoms with Crippen LogP contribution in [0.1, 0.15) is 26.2 Å². The zero-order chi connectivity index (χ0) is 24.0. The van der Waals surface area contributed by atoms with Crippen LogP contribution in [0.3, 0.4) is 0 Å². The van der Waals surface area contributed by atoms with E-state index in [0.29, 0.717) is 12.0 Å². The van der Waals surface area contributed by atoms with E-state index in [2.05, 4.69) is 10.6 Å². The monoisotopic (exact) mass is 477 g/mol. The molecule has 4 N–H and O–H groups in total. The molecular formula is C22H27N3O7S. The number of allylic oxidation sites excluding steroid dienone is 2. The summed E-state index contributed by atoms with van der Waals surface area (Å²) in [5, 5.41) is 24.0. The van der Waals surface area contributed by atoms with E-state index in [1.807, 2.05) is 0 Å². The first-order chi connectivity index (χ1) is 15.7. The molecule has 0 radical (unpaired) electrons. The minimum Gasteiger partial charge on any atom is -0.460 e. The highest BCUT2D eigenvalue weighted by atomic mass is 32.2. The molecule has 0 aromatic rings. The molecule has 3 aliphatic rings. The Bertz CT molecular complexity index is 927. The first kappa shape index (κ1) is 24.7. The zero-order valence-corrected chi connectivity index (χ0v) is 18.9. The van der Waals surface area contributed by atoms with Crippen molar-refractivity contribution in [3.8, 4) is 0 Å². The quantitative estimate of drug-likeness (QED) is 0.353. The van der Waals surface area contributed by atoms with Crippen LogP contribution in [-0.4, -0.2) is 74.8 Å². The van der Waals surface area contributed by atoms with Crippen LogP contribution >= 0.6 is 11.8 Å². The van der Waals surface area contributed by atoms with Gasteiger partial charge in [-0.1, -0.05) is 30.4 Å². The van der Waals surface area contributed by atoms with Crippen molar-refractivity contribution in [1.29, 1.82) is 0 Å². The van der Waals surface area contributed by atoms with E-state index in [1.165, 1.54) is 17.2 Å². The van der Waals surface area contributed by atoms with Crippen molar-refractivity contribution in [3.05, 3.63) is 47.9 Å². The summed E-state index contributed by atoms with van der Waals surface area (Å²) in [5.74, 6) is -2.31. The number of aliphatic hydroxyl groups excluding tert-OH is 2. The lowest BCUT2D eigenvalue weighted by Crippen LogP contribution is -2.46. The lowest BCUT2D eigenvalue weighted by molar-refractivity contribution is -0.149. The second kappa shape index (κ2) is 11.3. The Labute approximate surface area is 195 Å². The molecule has 11 heteroatoms. The molecule has 4 bridgehead atoms. The number of rotatable bonds is 0. The molecule has 3 aliphatic heterocycles. The summed E-state index contributed by atoms with van der Waals surface area (Å²) in [6, 6.07) is 0. The first-order valence-corrected chi connectivity index (χ1v) is 11.6. The smallest absolute Gasteiger partial charge is 0.339 e. The van der Waals surface area contributed by atoms with Crippen LogP contribution in [0.4, 0.5) is 0 Å². The van der Waals surface area contributed by atoms with Gasteiger partial charge in [0.1, 0.15) is 11.8 Å². The molecule has 0 aliphatic carbocycles. The highest BCUT2D eigenvalue weighted by molar-refractivity contribution is 8.00. The SMILES string of the molecule is CC1C/C=C2\CSC(NC(=O)/C3=C\N(C/C=C\C=C\C(O)CC(O)CC(=O)N3)C2=O)C(=O)O1. The number of aliphatic hydroxyl groups is 2. The van der Waals surface area contributed by atoms with Gasteiger partial charge in [0.2, 0.25) is 5.91 Å². The fraction of sp³-hybridized carbons (Fsp3) is 0.455. The van der Waals surface area contributed by atoms with Crippen molar-refractivity contribution in [2.24, 2.45) is 0 Å². The Morgan fingerprint density at radius 2 is 1.97 bits per heavy atom. The number of carbonyl (C=O) groups excluding carboxylic acids is 4. The molecule has 0 saturated carbocycles. The number of hydrogen-bond acceptors (Lipinski definition) is 8. The highest BCUT2D eigenvalue weighted by Gasteiger charge is 2.31. The van der Waals surface area contributed by atoms with E-state index in [1.54, 1.807) is 31.2 Å². The molecule has 0 spiro atoms. The third-order valence-electron chi connectivity index (χ3n) is 5.05. The standard InChI is InChI=1S/C22H27N3O7S/c1-13-6-7-14-12-33-20(22(31)32-13)24-19(29)17-11-25(21(14)30)8-4-2-3-5-15(26)9-16(27)10-18(28)23-17/h2-5,7,11,13,15-16,20,26-27H,6,8-10,12H2,1H3,(H,23,28)(H,24,29)/b4-2-,5-3+,14-7+,17-11+. The molecule has 0 aromatic heterocycles. The third kappa shape index (κ3) is 7.04. The Morgan fingerprint density at radius 3 is 2.76 bits per heavy atom. The predicted octanol–water partition coefficient (Wildman–Crippen LogP) is -0.148. The summed E-state index contributed by atoms with van der Waals surface area (Å²) >= 11 is 1.05. The van der Waals surface area contributed by atoms with Gasteiger partial charge in [-0.15, -0.1) is 11.8 Å². The van der Waals surface area contributed by atoms with Gasteiger partial charge in [-0.2, -0.15) is 0 Å². The van der Waals surface area contributed by atoms with E-state index < -0.39 is 41.5 Å². The molecule has 0 fully saturated rings. The van der Waals surface area contributed by atoms with Gasteiger partial charge in [-0.3, -0.25) is 14.4 Å².